The van der Waals surface area contributed by atoms with E-state index in [0.29, 0.717) is 41.7 Å². The average molecular weight is 414 g/mol. The fourth-order valence-electron chi connectivity index (χ4n) is 3.06. The summed E-state index contributed by atoms with van der Waals surface area (Å²) in [6, 6.07) is 8.04. The SMILES string of the molecule is CC(C)Oc1nccc(-c2[nH]c(C3OCC(CO)CO3)nc2-c2ccc(F)cc2)n1. The van der Waals surface area contributed by atoms with Crippen molar-refractivity contribution in [3.8, 4) is 28.7 Å². The third kappa shape index (κ3) is 4.48. The largest absolute Gasteiger partial charge is 0.461 e. The van der Waals surface area contributed by atoms with Gasteiger partial charge in [0.2, 0.25) is 6.29 Å². The van der Waals surface area contributed by atoms with Gasteiger partial charge < -0.3 is 24.3 Å². The Morgan fingerprint density at radius 3 is 2.57 bits per heavy atom. The van der Waals surface area contributed by atoms with Crippen LogP contribution in [0.15, 0.2) is 36.5 Å². The van der Waals surface area contributed by atoms with Gasteiger partial charge in [-0.05, 0) is 44.2 Å². The Hall–Kier alpha value is -2.88. The highest BCUT2D eigenvalue weighted by molar-refractivity contribution is 5.76. The molecule has 0 atom stereocenters. The lowest BCUT2D eigenvalue weighted by Crippen LogP contribution is -2.29. The van der Waals surface area contributed by atoms with Crippen molar-refractivity contribution in [2.24, 2.45) is 5.92 Å². The minimum absolute atomic E-state index is 0.00345. The van der Waals surface area contributed by atoms with Crippen LogP contribution in [0.3, 0.4) is 0 Å². The molecule has 1 aliphatic heterocycles. The first-order valence-electron chi connectivity index (χ1n) is 9.73. The van der Waals surface area contributed by atoms with E-state index in [1.54, 1.807) is 24.4 Å². The van der Waals surface area contributed by atoms with Gasteiger partial charge in [0.05, 0.1) is 43.0 Å². The molecule has 3 aromatic rings. The number of aliphatic hydroxyl groups excluding tert-OH is 1. The zero-order chi connectivity index (χ0) is 21.1. The van der Waals surface area contributed by atoms with E-state index in [1.165, 1.54) is 12.1 Å². The summed E-state index contributed by atoms with van der Waals surface area (Å²) >= 11 is 0. The molecular weight excluding hydrogens is 391 g/mol. The van der Waals surface area contributed by atoms with Gasteiger partial charge in [-0.3, -0.25) is 0 Å². The first-order chi connectivity index (χ1) is 14.5. The number of aromatic amines is 1. The Morgan fingerprint density at radius 1 is 1.17 bits per heavy atom. The van der Waals surface area contributed by atoms with Crippen LogP contribution < -0.4 is 4.74 Å². The summed E-state index contributed by atoms with van der Waals surface area (Å²) in [6.45, 7) is 4.51. The van der Waals surface area contributed by atoms with Crippen LogP contribution in [-0.4, -0.2) is 51.0 Å². The topological polar surface area (TPSA) is 102 Å². The molecule has 4 rings (SSSR count). The fraction of sp³-hybridized carbons (Fsp3) is 0.381. The van der Waals surface area contributed by atoms with E-state index in [9.17, 15) is 9.50 Å². The van der Waals surface area contributed by atoms with Gasteiger partial charge in [0.15, 0.2) is 5.82 Å². The fourth-order valence-corrected chi connectivity index (χ4v) is 3.06. The number of aromatic nitrogens is 4. The van der Waals surface area contributed by atoms with Crippen molar-refractivity contribution in [2.45, 2.75) is 26.2 Å². The number of halogens is 1. The van der Waals surface area contributed by atoms with Crippen LogP contribution in [0.1, 0.15) is 26.0 Å². The standard InChI is InChI=1S/C21H23FN4O4/c1-12(2)30-21-23-8-7-16(24-21)18-17(14-3-5-15(22)6-4-14)25-19(26-18)20-28-10-13(9-27)11-29-20/h3-8,12-13,20,27H,9-11H2,1-2H3,(H,25,26). The molecule has 1 saturated heterocycles. The maximum absolute atomic E-state index is 13.4. The first-order valence-corrected chi connectivity index (χ1v) is 9.73. The van der Waals surface area contributed by atoms with E-state index >= 15 is 0 Å². The summed E-state index contributed by atoms with van der Waals surface area (Å²) in [4.78, 5) is 16.5. The minimum atomic E-state index is -0.700. The van der Waals surface area contributed by atoms with Crippen LogP contribution in [0.5, 0.6) is 6.01 Å². The van der Waals surface area contributed by atoms with Gasteiger partial charge in [0.1, 0.15) is 5.82 Å². The predicted molar refractivity (Wildman–Crippen MR) is 106 cm³/mol. The summed E-state index contributed by atoms with van der Waals surface area (Å²) in [5.41, 5.74) is 2.48. The predicted octanol–water partition coefficient (Wildman–Crippen LogP) is 3.11. The van der Waals surface area contributed by atoms with E-state index in [4.69, 9.17) is 14.2 Å². The summed E-state index contributed by atoms with van der Waals surface area (Å²) in [5, 5.41) is 9.26. The molecule has 0 aliphatic carbocycles. The molecule has 2 N–H and O–H groups in total. The van der Waals surface area contributed by atoms with Crippen molar-refractivity contribution in [1.29, 1.82) is 0 Å². The quantitative estimate of drug-likeness (QED) is 0.639. The van der Waals surface area contributed by atoms with E-state index in [0.717, 1.165) is 0 Å². The molecule has 1 aromatic carbocycles. The molecule has 0 saturated carbocycles. The first kappa shape index (κ1) is 20.4. The molecule has 1 fully saturated rings. The molecule has 0 unspecified atom stereocenters. The molecule has 0 bridgehead atoms. The maximum Gasteiger partial charge on any atom is 0.317 e. The van der Waals surface area contributed by atoms with Crippen molar-refractivity contribution in [1.82, 2.24) is 19.9 Å². The number of imidazole rings is 1. The smallest absolute Gasteiger partial charge is 0.317 e. The van der Waals surface area contributed by atoms with Gasteiger partial charge in [-0.15, -0.1) is 0 Å². The molecule has 2 aromatic heterocycles. The van der Waals surface area contributed by atoms with Gasteiger partial charge in [-0.1, -0.05) is 0 Å². The van der Waals surface area contributed by atoms with Crippen LogP contribution in [0.25, 0.3) is 22.6 Å². The van der Waals surface area contributed by atoms with Crippen LogP contribution in [0.4, 0.5) is 4.39 Å². The summed E-state index contributed by atoms with van der Waals surface area (Å²) in [7, 11) is 0. The second kappa shape index (κ2) is 8.86. The normalized spacial score (nSPS) is 19.2. The van der Waals surface area contributed by atoms with Gasteiger partial charge in [-0.2, -0.15) is 4.98 Å². The van der Waals surface area contributed by atoms with Gasteiger partial charge >= 0.3 is 6.01 Å². The lowest BCUT2D eigenvalue weighted by atomic mass is 10.1. The van der Waals surface area contributed by atoms with Crippen molar-refractivity contribution in [3.63, 3.8) is 0 Å². The van der Waals surface area contributed by atoms with Crippen molar-refractivity contribution >= 4 is 0 Å². The van der Waals surface area contributed by atoms with Crippen LogP contribution >= 0.6 is 0 Å². The summed E-state index contributed by atoms with van der Waals surface area (Å²) in [5.74, 6) is 0.0650. The monoisotopic (exact) mass is 414 g/mol. The highest BCUT2D eigenvalue weighted by Gasteiger charge is 2.27. The molecule has 0 radical (unpaired) electrons. The lowest BCUT2D eigenvalue weighted by molar-refractivity contribution is -0.213. The zero-order valence-electron chi connectivity index (χ0n) is 16.7. The number of H-pyrrole nitrogens is 1. The second-order valence-corrected chi connectivity index (χ2v) is 7.29. The second-order valence-electron chi connectivity index (χ2n) is 7.29. The highest BCUT2D eigenvalue weighted by atomic mass is 19.1. The molecule has 158 valence electrons. The van der Waals surface area contributed by atoms with Crippen molar-refractivity contribution in [3.05, 3.63) is 48.2 Å². The summed E-state index contributed by atoms with van der Waals surface area (Å²) in [6.07, 6.45) is 0.834. The van der Waals surface area contributed by atoms with Crippen LogP contribution in [0.2, 0.25) is 0 Å². The zero-order valence-corrected chi connectivity index (χ0v) is 16.7. The van der Waals surface area contributed by atoms with Crippen molar-refractivity contribution in [2.75, 3.05) is 19.8 Å². The number of ether oxygens (including phenoxy) is 3. The molecule has 0 amide bonds. The van der Waals surface area contributed by atoms with Gasteiger partial charge in [0, 0.05) is 17.7 Å². The van der Waals surface area contributed by atoms with E-state index in [2.05, 4.69) is 19.9 Å². The third-order valence-corrected chi connectivity index (χ3v) is 4.52. The number of hydrogen-bond donors (Lipinski definition) is 2. The van der Waals surface area contributed by atoms with Crippen molar-refractivity contribution < 1.29 is 23.7 Å². The maximum atomic E-state index is 13.4. The van der Waals surface area contributed by atoms with E-state index in [1.807, 2.05) is 13.8 Å². The molecule has 9 heteroatoms. The minimum Gasteiger partial charge on any atom is -0.461 e. The van der Waals surface area contributed by atoms with Gasteiger partial charge in [0.25, 0.3) is 0 Å². The number of aliphatic hydroxyl groups is 1. The molecule has 3 heterocycles. The molecular formula is C21H23FN4O4. The van der Waals surface area contributed by atoms with E-state index < -0.39 is 6.29 Å². The molecule has 8 nitrogen and oxygen atoms in total. The number of rotatable bonds is 6. The molecule has 30 heavy (non-hydrogen) atoms. The summed E-state index contributed by atoms with van der Waals surface area (Å²) < 4.78 is 30.5. The Kier molecular flexibility index (Phi) is 6.03. The number of benzene rings is 1. The molecule has 0 spiro atoms. The van der Waals surface area contributed by atoms with Crippen LogP contribution in [0, 0.1) is 11.7 Å². The number of nitrogens with one attached hydrogen (secondary N) is 1. The Bertz CT molecular complexity index is 985. The van der Waals surface area contributed by atoms with E-state index in [-0.39, 0.29) is 30.5 Å². The van der Waals surface area contributed by atoms with Gasteiger partial charge in [-0.25, -0.2) is 14.4 Å². The Labute approximate surface area is 173 Å². The number of hydrogen-bond acceptors (Lipinski definition) is 7. The Morgan fingerprint density at radius 2 is 1.90 bits per heavy atom. The highest BCUT2D eigenvalue weighted by Crippen LogP contribution is 2.33. The third-order valence-electron chi connectivity index (χ3n) is 4.52. The lowest BCUT2D eigenvalue weighted by Gasteiger charge is -2.26. The average Bonchev–Trinajstić information content (AvgIpc) is 3.19. The van der Waals surface area contributed by atoms with Crippen LogP contribution in [-0.2, 0) is 9.47 Å². The Balaban J connectivity index is 1.73. The number of nitrogens with zero attached hydrogens (tertiary/aromatic N) is 3. The molecule has 1 aliphatic rings.